The van der Waals surface area contributed by atoms with Crippen LogP contribution in [0.2, 0.25) is 5.02 Å². The van der Waals surface area contributed by atoms with E-state index in [4.69, 9.17) is 21.1 Å². The third kappa shape index (κ3) is 3.82. The summed E-state index contributed by atoms with van der Waals surface area (Å²) in [4.78, 5) is 31.1. The summed E-state index contributed by atoms with van der Waals surface area (Å²) in [6.07, 6.45) is 1.78. The Morgan fingerprint density at radius 3 is 2.55 bits per heavy atom. The number of benzene rings is 2. The van der Waals surface area contributed by atoms with Gasteiger partial charge in [-0.1, -0.05) is 53.3 Å². The lowest BCUT2D eigenvalue weighted by molar-refractivity contribution is -0.136. The minimum atomic E-state index is -0.666. The molecular weight excluding hydrogens is 436 g/mol. The summed E-state index contributed by atoms with van der Waals surface area (Å²) in [5, 5.41) is 0.563. The largest absolute Gasteiger partial charge is 0.496 e. The van der Waals surface area contributed by atoms with Crippen molar-refractivity contribution >= 4 is 35.0 Å². The summed E-state index contributed by atoms with van der Waals surface area (Å²) in [5.74, 6) is 0.134. The minimum Gasteiger partial charge on any atom is -0.496 e. The predicted octanol–water partition coefficient (Wildman–Crippen LogP) is 3.07. The molecule has 0 spiro atoms. The number of rotatable bonds is 4. The van der Waals surface area contributed by atoms with Crippen molar-refractivity contribution in [2.24, 2.45) is 4.99 Å². The van der Waals surface area contributed by atoms with Crippen molar-refractivity contribution in [2.75, 3.05) is 14.2 Å². The first kappa shape index (κ1) is 21.1. The van der Waals surface area contributed by atoms with E-state index >= 15 is 0 Å². The van der Waals surface area contributed by atoms with E-state index in [1.807, 2.05) is 24.3 Å². The van der Waals surface area contributed by atoms with Crippen LogP contribution < -0.4 is 19.6 Å². The van der Waals surface area contributed by atoms with Gasteiger partial charge in [0, 0.05) is 10.6 Å². The number of carbonyl (C=O) groups excluding carboxylic acids is 1. The zero-order valence-electron chi connectivity index (χ0n) is 17.1. The van der Waals surface area contributed by atoms with E-state index in [2.05, 4.69) is 4.99 Å². The molecule has 158 valence electrons. The molecule has 0 saturated carbocycles. The maximum Gasteiger partial charge on any atom is 0.338 e. The van der Waals surface area contributed by atoms with Crippen LogP contribution in [0.4, 0.5) is 0 Å². The maximum absolute atomic E-state index is 13.5. The lowest BCUT2D eigenvalue weighted by Crippen LogP contribution is -2.39. The quantitative estimate of drug-likeness (QED) is 0.568. The molecule has 0 fully saturated rings. The van der Waals surface area contributed by atoms with Crippen LogP contribution in [0.3, 0.4) is 0 Å². The van der Waals surface area contributed by atoms with E-state index in [0.717, 1.165) is 11.1 Å². The van der Waals surface area contributed by atoms with Gasteiger partial charge in [-0.2, -0.15) is 0 Å². The molecule has 0 saturated heterocycles. The molecule has 0 amide bonds. The van der Waals surface area contributed by atoms with Gasteiger partial charge >= 0.3 is 5.97 Å². The van der Waals surface area contributed by atoms with Gasteiger partial charge in [0.05, 0.1) is 36.1 Å². The number of nitrogens with zero attached hydrogens (tertiary/aromatic N) is 2. The Bertz CT molecular complexity index is 1370. The molecule has 1 unspecified atom stereocenters. The molecule has 2 heterocycles. The maximum atomic E-state index is 13.5. The number of methoxy groups -OCH3 is 2. The molecule has 0 radical (unpaired) electrons. The fourth-order valence-corrected chi connectivity index (χ4v) is 4.74. The summed E-state index contributed by atoms with van der Waals surface area (Å²) < 4.78 is 12.4. The molecule has 1 aliphatic heterocycles. The molecule has 0 N–H and O–H groups in total. The van der Waals surface area contributed by atoms with Crippen molar-refractivity contribution in [1.29, 1.82) is 0 Å². The number of ether oxygens (including phenoxy) is 2. The van der Waals surface area contributed by atoms with Crippen molar-refractivity contribution < 1.29 is 14.3 Å². The summed E-state index contributed by atoms with van der Waals surface area (Å²) >= 11 is 7.32. The van der Waals surface area contributed by atoms with Gasteiger partial charge in [0.2, 0.25) is 0 Å². The Morgan fingerprint density at radius 2 is 1.87 bits per heavy atom. The number of thiazole rings is 1. The molecule has 2 aromatic carbocycles. The zero-order valence-corrected chi connectivity index (χ0v) is 18.7. The van der Waals surface area contributed by atoms with Gasteiger partial charge in [-0.3, -0.25) is 9.36 Å². The molecule has 4 rings (SSSR count). The highest BCUT2D eigenvalue weighted by atomic mass is 35.5. The standard InChI is InChI=1S/C23H19ClN2O4S/c1-13-19(22(28)30-3)20(14-8-10-16(24)11-9-14)26-21(27)18(31-23(26)25-13)12-15-6-4-5-7-17(15)29-2/h4-12,20H,1-3H3/b18-12-. The molecular formula is C23H19ClN2O4S. The van der Waals surface area contributed by atoms with Crippen molar-refractivity contribution in [3.8, 4) is 5.75 Å². The molecule has 1 atom stereocenters. The molecule has 0 bridgehead atoms. The van der Waals surface area contributed by atoms with E-state index in [9.17, 15) is 9.59 Å². The van der Waals surface area contributed by atoms with Gasteiger partial charge in [-0.05, 0) is 36.8 Å². The number of allylic oxidation sites excluding steroid dienone is 1. The Balaban J connectivity index is 1.98. The number of fused-ring (bicyclic) bond motifs is 1. The van der Waals surface area contributed by atoms with Crippen LogP contribution in [0, 0.1) is 0 Å². The topological polar surface area (TPSA) is 69.9 Å². The zero-order chi connectivity index (χ0) is 22.1. The van der Waals surface area contributed by atoms with Crippen LogP contribution >= 0.6 is 22.9 Å². The number of carbonyl (C=O) groups is 1. The highest BCUT2D eigenvalue weighted by Crippen LogP contribution is 2.31. The van der Waals surface area contributed by atoms with Gasteiger partial charge in [-0.25, -0.2) is 9.79 Å². The van der Waals surface area contributed by atoms with Crippen LogP contribution in [0.5, 0.6) is 5.75 Å². The van der Waals surface area contributed by atoms with E-state index in [-0.39, 0.29) is 5.56 Å². The summed E-state index contributed by atoms with van der Waals surface area (Å²) in [6.45, 7) is 1.74. The lowest BCUT2D eigenvalue weighted by atomic mass is 9.96. The van der Waals surface area contributed by atoms with Gasteiger partial charge in [0.1, 0.15) is 5.75 Å². The van der Waals surface area contributed by atoms with Crippen LogP contribution in [0.25, 0.3) is 6.08 Å². The van der Waals surface area contributed by atoms with Crippen LogP contribution in [0.15, 0.2) is 69.6 Å². The summed E-state index contributed by atoms with van der Waals surface area (Å²) in [6, 6.07) is 13.8. The highest BCUT2D eigenvalue weighted by molar-refractivity contribution is 7.07. The average molecular weight is 455 g/mol. The van der Waals surface area contributed by atoms with Crippen LogP contribution in [-0.2, 0) is 9.53 Å². The smallest absolute Gasteiger partial charge is 0.338 e. The minimum absolute atomic E-state index is 0.247. The van der Waals surface area contributed by atoms with Gasteiger partial charge < -0.3 is 9.47 Å². The normalized spacial score (nSPS) is 16.0. The van der Waals surface area contributed by atoms with Gasteiger partial charge in [0.25, 0.3) is 5.56 Å². The van der Waals surface area contributed by atoms with Crippen molar-refractivity contribution in [1.82, 2.24) is 4.57 Å². The number of para-hydroxylation sites is 1. The fraction of sp³-hybridized carbons (Fsp3) is 0.174. The van der Waals surface area contributed by atoms with Crippen LogP contribution in [-0.4, -0.2) is 24.8 Å². The number of hydrogen-bond acceptors (Lipinski definition) is 6. The summed E-state index contributed by atoms with van der Waals surface area (Å²) in [5.41, 5.74) is 2.10. The van der Waals surface area contributed by atoms with Crippen molar-refractivity contribution in [2.45, 2.75) is 13.0 Å². The molecule has 6 nitrogen and oxygen atoms in total. The third-order valence-electron chi connectivity index (χ3n) is 5.04. The molecule has 3 aromatic rings. The Morgan fingerprint density at radius 1 is 1.16 bits per heavy atom. The number of halogens is 1. The summed E-state index contributed by atoms with van der Waals surface area (Å²) in [7, 11) is 2.90. The number of esters is 1. The molecule has 1 aliphatic rings. The molecule has 31 heavy (non-hydrogen) atoms. The predicted molar refractivity (Wildman–Crippen MR) is 120 cm³/mol. The SMILES string of the molecule is COC(=O)C1=C(C)N=c2s/c(=C\c3ccccc3OC)c(=O)n2C1c1ccc(Cl)cc1. The lowest BCUT2D eigenvalue weighted by Gasteiger charge is -2.24. The van der Waals surface area contributed by atoms with Gasteiger partial charge in [-0.15, -0.1) is 0 Å². The first-order valence-electron chi connectivity index (χ1n) is 9.44. The Hall–Kier alpha value is -3.16. The monoisotopic (exact) mass is 454 g/mol. The van der Waals surface area contributed by atoms with Crippen molar-refractivity contribution in [3.63, 3.8) is 0 Å². The molecule has 1 aromatic heterocycles. The van der Waals surface area contributed by atoms with E-state index in [1.165, 1.54) is 23.0 Å². The van der Waals surface area contributed by atoms with E-state index in [0.29, 0.717) is 31.4 Å². The van der Waals surface area contributed by atoms with Crippen molar-refractivity contribution in [3.05, 3.63) is 95.6 Å². The van der Waals surface area contributed by atoms with Gasteiger partial charge in [0.15, 0.2) is 4.80 Å². The molecule has 8 heteroatoms. The second-order valence-electron chi connectivity index (χ2n) is 6.87. The average Bonchev–Trinajstić information content (AvgIpc) is 3.08. The van der Waals surface area contributed by atoms with Crippen LogP contribution in [0.1, 0.15) is 24.1 Å². The number of aromatic nitrogens is 1. The second-order valence-corrected chi connectivity index (χ2v) is 8.31. The first-order valence-corrected chi connectivity index (χ1v) is 10.6. The Labute approximate surface area is 187 Å². The number of hydrogen-bond donors (Lipinski definition) is 0. The van der Waals surface area contributed by atoms with E-state index < -0.39 is 12.0 Å². The van der Waals surface area contributed by atoms with E-state index in [1.54, 1.807) is 44.4 Å². The second kappa shape index (κ2) is 8.53. The third-order valence-corrected chi connectivity index (χ3v) is 6.27. The Kier molecular flexibility index (Phi) is 5.80. The fourth-order valence-electron chi connectivity index (χ4n) is 3.58. The highest BCUT2D eigenvalue weighted by Gasteiger charge is 2.33. The first-order chi connectivity index (χ1) is 14.9. The molecule has 0 aliphatic carbocycles.